The van der Waals surface area contributed by atoms with Crippen LogP contribution in [-0.2, 0) is 6.54 Å². The predicted molar refractivity (Wildman–Crippen MR) is 62.3 cm³/mol. The molecular weight excluding hydrogens is 186 g/mol. The summed E-state index contributed by atoms with van der Waals surface area (Å²) in [6.45, 7) is 3.41. The molecule has 0 unspecified atom stereocenters. The summed E-state index contributed by atoms with van der Waals surface area (Å²) in [7, 11) is 0. The summed E-state index contributed by atoms with van der Waals surface area (Å²) in [4.78, 5) is 2.39. The molecule has 4 N–H and O–H groups in total. The largest absolute Gasteiger partial charge is 0.329 e. The van der Waals surface area contributed by atoms with Gasteiger partial charge in [0.05, 0.1) is 0 Å². The van der Waals surface area contributed by atoms with E-state index in [2.05, 4.69) is 29.2 Å². The van der Waals surface area contributed by atoms with Crippen molar-refractivity contribution in [2.45, 2.75) is 18.5 Å². The van der Waals surface area contributed by atoms with Gasteiger partial charge in [-0.1, -0.05) is 30.3 Å². The maximum absolute atomic E-state index is 5.80. The molecule has 0 amide bonds. The van der Waals surface area contributed by atoms with Crippen molar-refractivity contribution in [2.24, 2.45) is 11.5 Å². The van der Waals surface area contributed by atoms with Crippen LogP contribution in [0.2, 0.25) is 0 Å². The zero-order valence-electron chi connectivity index (χ0n) is 9.02. The second-order valence-corrected chi connectivity index (χ2v) is 4.29. The Balaban J connectivity index is 2.02. The average Bonchev–Trinajstić information content (AvgIpc) is 2.28. The van der Waals surface area contributed by atoms with E-state index < -0.39 is 0 Å². The van der Waals surface area contributed by atoms with E-state index in [1.807, 2.05) is 6.07 Å². The first kappa shape index (κ1) is 10.6. The fourth-order valence-electron chi connectivity index (χ4n) is 2.18. The number of hydrogen-bond acceptors (Lipinski definition) is 3. The first-order chi connectivity index (χ1) is 7.30. The van der Waals surface area contributed by atoms with Gasteiger partial charge < -0.3 is 11.5 Å². The molecule has 0 saturated carbocycles. The summed E-state index contributed by atoms with van der Waals surface area (Å²) < 4.78 is 0. The van der Waals surface area contributed by atoms with Gasteiger partial charge in [-0.15, -0.1) is 0 Å². The van der Waals surface area contributed by atoms with E-state index >= 15 is 0 Å². The van der Waals surface area contributed by atoms with Crippen LogP contribution in [0.15, 0.2) is 30.3 Å². The van der Waals surface area contributed by atoms with Crippen molar-refractivity contribution in [1.29, 1.82) is 0 Å². The van der Waals surface area contributed by atoms with Crippen LogP contribution >= 0.6 is 0 Å². The Morgan fingerprint density at radius 3 is 2.27 bits per heavy atom. The number of rotatable bonds is 4. The third-order valence-electron chi connectivity index (χ3n) is 3.49. The van der Waals surface area contributed by atoms with Gasteiger partial charge in [0, 0.05) is 31.7 Å². The molecule has 0 aromatic heterocycles. The molecule has 0 bridgehead atoms. The summed E-state index contributed by atoms with van der Waals surface area (Å²) >= 11 is 0. The monoisotopic (exact) mass is 205 g/mol. The van der Waals surface area contributed by atoms with Gasteiger partial charge in [-0.2, -0.15) is 0 Å². The van der Waals surface area contributed by atoms with E-state index in [0.29, 0.717) is 13.1 Å². The molecule has 3 heteroatoms. The number of nitrogens with two attached hydrogens (primary N) is 2. The van der Waals surface area contributed by atoms with Gasteiger partial charge in [-0.3, -0.25) is 4.90 Å². The molecule has 1 heterocycles. The normalized spacial score (nSPS) is 19.9. The fourth-order valence-corrected chi connectivity index (χ4v) is 2.18. The molecule has 1 aromatic carbocycles. The van der Waals surface area contributed by atoms with E-state index in [1.54, 1.807) is 0 Å². The Morgan fingerprint density at radius 2 is 1.80 bits per heavy atom. The zero-order chi connectivity index (χ0) is 10.7. The van der Waals surface area contributed by atoms with Crippen molar-refractivity contribution in [1.82, 2.24) is 4.90 Å². The Hall–Kier alpha value is -0.900. The van der Waals surface area contributed by atoms with Crippen molar-refractivity contribution in [3.05, 3.63) is 35.9 Å². The van der Waals surface area contributed by atoms with Gasteiger partial charge in [-0.05, 0) is 12.0 Å². The molecule has 0 aliphatic carbocycles. The molecular formula is C12H19N3. The van der Waals surface area contributed by atoms with Crippen molar-refractivity contribution >= 4 is 0 Å². The molecule has 0 atom stereocenters. The van der Waals surface area contributed by atoms with E-state index in [-0.39, 0.29) is 5.54 Å². The van der Waals surface area contributed by atoms with Crippen molar-refractivity contribution in [3.8, 4) is 0 Å². The Morgan fingerprint density at radius 1 is 1.13 bits per heavy atom. The summed E-state index contributed by atoms with van der Waals surface area (Å²) in [5.41, 5.74) is 13.0. The number of nitrogens with zero attached hydrogens (tertiary/aromatic N) is 1. The standard InChI is InChI=1S/C12H19N3/c13-9-12(10-14)6-7-15(12)8-11-4-2-1-3-5-11/h1-5H,6-10,13-14H2. The lowest BCUT2D eigenvalue weighted by molar-refractivity contribution is -0.00793. The average molecular weight is 205 g/mol. The highest BCUT2D eigenvalue weighted by Gasteiger charge is 2.41. The SMILES string of the molecule is NCC1(CN)CCN1Cc1ccccc1. The van der Waals surface area contributed by atoms with Crippen molar-refractivity contribution in [2.75, 3.05) is 19.6 Å². The molecule has 1 fully saturated rings. The first-order valence-electron chi connectivity index (χ1n) is 5.50. The number of hydrogen-bond donors (Lipinski definition) is 2. The maximum Gasteiger partial charge on any atom is 0.0469 e. The molecule has 1 saturated heterocycles. The Kier molecular flexibility index (Phi) is 3.05. The molecule has 15 heavy (non-hydrogen) atoms. The van der Waals surface area contributed by atoms with Crippen molar-refractivity contribution < 1.29 is 0 Å². The van der Waals surface area contributed by atoms with Crippen molar-refractivity contribution in [3.63, 3.8) is 0 Å². The molecule has 1 aliphatic rings. The summed E-state index contributed by atoms with van der Waals surface area (Å²) in [6.07, 6.45) is 1.13. The fraction of sp³-hybridized carbons (Fsp3) is 0.500. The molecule has 82 valence electrons. The lowest BCUT2D eigenvalue weighted by Gasteiger charge is -2.52. The molecule has 1 aliphatic heterocycles. The van der Waals surface area contributed by atoms with Gasteiger partial charge in [0.25, 0.3) is 0 Å². The highest BCUT2D eigenvalue weighted by atomic mass is 15.3. The highest BCUT2D eigenvalue weighted by Crippen LogP contribution is 2.30. The summed E-state index contributed by atoms with van der Waals surface area (Å²) in [5, 5.41) is 0. The van der Waals surface area contributed by atoms with Gasteiger partial charge >= 0.3 is 0 Å². The van der Waals surface area contributed by atoms with Crippen LogP contribution in [0.4, 0.5) is 0 Å². The predicted octanol–water partition coefficient (Wildman–Crippen LogP) is 0.549. The van der Waals surface area contributed by atoms with Gasteiger partial charge in [0.15, 0.2) is 0 Å². The van der Waals surface area contributed by atoms with Crippen LogP contribution in [0.5, 0.6) is 0 Å². The molecule has 3 nitrogen and oxygen atoms in total. The van der Waals surface area contributed by atoms with Crippen LogP contribution in [0, 0.1) is 0 Å². The highest BCUT2D eigenvalue weighted by molar-refractivity contribution is 5.16. The molecule has 2 rings (SSSR count). The Bertz CT molecular complexity index is 300. The second-order valence-electron chi connectivity index (χ2n) is 4.29. The maximum atomic E-state index is 5.80. The second kappa shape index (κ2) is 4.31. The van der Waals surface area contributed by atoms with E-state index in [9.17, 15) is 0 Å². The minimum atomic E-state index is 0.0653. The van der Waals surface area contributed by atoms with Crippen LogP contribution in [0.3, 0.4) is 0 Å². The third-order valence-corrected chi connectivity index (χ3v) is 3.49. The van der Waals surface area contributed by atoms with Crippen LogP contribution in [0.1, 0.15) is 12.0 Å². The van der Waals surface area contributed by atoms with Crippen LogP contribution in [-0.4, -0.2) is 30.1 Å². The van der Waals surface area contributed by atoms with E-state index in [0.717, 1.165) is 19.5 Å². The zero-order valence-corrected chi connectivity index (χ0v) is 9.02. The smallest absolute Gasteiger partial charge is 0.0469 e. The molecule has 0 radical (unpaired) electrons. The summed E-state index contributed by atoms with van der Waals surface area (Å²) in [6, 6.07) is 10.5. The van der Waals surface area contributed by atoms with E-state index in [4.69, 9.17) is 11.5 Å². The lowest BCUT2D eigenvalue weighted by Crippen LogP contribution is -2.66. The minimum absolute atomic E-state index is 0.0653. The topological polar surface area (TPSA) is 55.3 Å². The van der Waals surface area contributed by atoms with Crippen LogP contribution in [0.25, 0.3) is 0 Å². The summed E-state index contributed by atoms with van der Waals surface area (Å²) in [5.74, 6) is 0. The minimum Gasteiger partial charge on any atom is -0.329 e. The quantitative estimate of drug-likeness (QED) is 0.754. The molecule has 1 aromatic rings. The number of likely N-dealkylation sites (tertiary alicyclic amines) is 1. The lowest BCUT2D eigenvalue weighted by atomic mass is 9.84. The van der Waals surface area contributed by atoms with Crippen LogP contribution < -0.4 is 11.5 Å². The Labute approximate surface area is 91.1 Å². The number of benzene rings is 1. The first-order valence-corrected chi connectivity index (χ1v) is 5.50. The van der Waals surface area contributed by atoms with E-state index in [1.165, 1.54) is 5.56 Å². The third kappa shape index (κ3) is 1.91. The molecule has 0 spiro atoms. The van der Waals surface area contributed by atoms with Gasteiger partial charge in [0.1, 0.15) is 0 Å². The van der Waals surface area contributed by atoms with Gasteiger partial charge in [0.2, 0.25) is 0 Å². The van der Waals surface area contributed by atoms with Gasteiger partial charge in [-0.25, -0.2) is 0 Å².